The molecule has 2 aromatic rings. The number of nitrogens with one attached hydrogen (secondary N) is 3. The number of amides is 2. The van der Waals surface area contributed by atoms with E-state index in [1.807, 2.05) is 26.0 Å². The molecule has 8 nitrogen and oxygen atoms in total. The Kier molecular flexibility index (Phi) is 9.29. The van der Waals surface area contributed by atoms with Crippen LogP contribution in [0, 0.1) is 12.8 Å². The molecule has 0 aromatic carbocycles. The topological polar surface area (TPSA) is 109 Å². The fraction of sp³-hybridized carbons (Fsp3) is 0.500. The van der Waals surface area contributed by atoms with E-state index in [9.17, 15) is 14.4 Å². The van der Waals surface area contributed by atoms with Crippen molar-refractivity contribution in [2.75, 3.05) is 19.0 Å². The van der Waals surface area contributed by atoms with E-state index in [4.69, 9.17) is 11.6 Å². The summed E-state index contributed by atoms with van der Waals surface area (Å²) in [5, 5.41) is 9.38. The van der Waals surface area contributed by atoms with Crippen LogP contribution in [0.5, 0.6) is 0 Å². The summed E-state index contributed by atoms with van der Waals surface area (Å²) in [6, 6.07) is 4.70. The number of methoxy groups -OCH3 is 1. The molecule has 10 heteroatoms. The first-order valence-electron chi connectivity index (χ1n) is 11.4. The zero-order valence-corrected chi connectivity index (χ0v) is 21.2. The van der Waals surface area contributed by atoms with Gasteiger partial charge in [-0.3, -0.25) is 19.4 Å². The van der Waals surface area contributed by atoms with E-state index in [0.29, 0.717) is 22.2 Å². The molecular formula is C24H31ClN4O4S. The lowest BCUT2D eigenvalue weighted by atomic mass is 9.97. The van der Waals surface area contributed by atoms with Gasteiger partial charge in [-0.05, 0) is 44.4 Å². The lowest BCUT2D eigenvalue weighted by Gasteiger charge is -2.21. The van der Waals surface area contributed by atoms with Gasteiger partial charge in [-0.2, -0.15) is 0 Å². The average Bonchev–Trinajstić information content (AvgIpc) is 3.51. The third-order valence-electron chi connectivity index (χ3n) is 6.00. The Bertz CT molecular complexity index is 1020. The lowest BCUT2D eigenvalue weighted by molar-refractivity contribution is -0.141. The molecule has 34 heavy (non-hydrogen) atoms. The summed E-state index contributed by atoms with van der Waals surface area (Å²) in [6.45, 7) is 3.67. The second kappa shape index (κ2) is 12.2. The highest BCUT2D eigenvalue weighted by Crippen LogP contribution is 2.30. The standard InChI is InChI=1S/C24H31ClN4O4S/c1-14-18(11-17(25)12-26-14)28-15(2)20-8-9-21(34-20)24(32)29-19(10-16-6-4-5-7-16)23(31)27-13-22(30)33-3/h8-9,11-12,15-16,19,28H,4-7,10,13H2,1-3H3,(H,27,31)(H,29,32)/t15-,19-/m0/s1. The molecule has 0 bridgehead atoms. The van der Waals surface area contributed by atoms with Crippen LogP contribution in [0.4, 0.5) is 5.69 Å². The molecule has 2 amide bonds. The summed E-state index contributed by atoms with van der Waals surface area (Å²) < 4.78 is 4.59. The molecule has 1 aliphatic carbocycles. The van der Waals surface area contributed by atoms with E-state index in [-0.39, 0.29) is 24.4 Å². The SMILES string of the molecule is COC(=O)CNC(=O)[C@H](CC1CCCC1)NC(=O)c1ccc([C@H](C)Nc2cc(Cl)cnc2C)s1. The number of aryl methyl sites for hydroxylation is 1. The molecule has 3 rings (SSSR count). The number of pyridine rings is 1. The van der Waals surface area contributed by atoms with Gasteiger partial charge >= 0.3 is 5.97 Å². The number of aromatic nitrogens is 1. The Hall–Kier alpha value is -2.65. The number of hydrogen-bond acceptors (Lipinski definition) is 7. The van der Waals surface area contributed by atoms with E-state index in [0.717, 1.165) is 41.9 Å². The third-order valence-corrected chi connectivity index (χ3v) is 7.48. The summed E-state index contributed by atoms with van der Waals surface area (Å²) in [5.41, 5.74) is 1.66. The molecule has 184 valence electrons. The van der Waals surface area contributed by atoms with Crippen LogP contribution in [0.15, 0.2) is 24.4 Å². The number of carbonyl (C=O) groups is 3. The summed E-state index contributed by atoms with van der Waals surface area (Å²) in [4.78, 5) is 42.9. The maximum Gasteiger partial charge on any atom is 0.325 e. The van der Waals surface area contributed by atoms with Gasteiger partial charge in [-0.15, -0.1) is 11.3 Å². The van der Waals surface area contributed by atoms with Gasteiger partial charge in [0.2, 0.25) is 5.91 Å². The molecule has 2 aromatic heterocycles. The van der Waals surface area contributed by atoms with Crippen LogP contribution in [0.2, 0.25) is 5.02 Å². The normalized spacial score (nSPS) is 15.4. The number of thiophene rings is 1. The molecule has 0 unspecified atom stereocenters. The summed E-state index contributed by atoms with van der Waals surface area (Å²) in [5.74, 6) is -0.831. The number of esters is 1. The summed E-state index contributed by atoms with van der Waals surface area (Å²) >= 11 is 7.43. The minimum atomic E-state index is -0.707. The number of rotatable bonds is 10. The van der Waals surface area contributed by atoms with Crippen molar-refractivity contribution in [2.45, 2.75) is 58.0 Å². The first-order chi connectivity index (χ1) is 16.3. The monoisotopic (exact) mass is 506 g/mol. The second-order valence-corrected chi connectivity index (χ2v) is 10.1. The lowest BCUT2D eigenvalue weighted by Crippen LogP contribution is -2.48. The highest BCUT2D eigenvalue weighted by Gasteiger charge is 2.28. The minimum Gasteiger partial charge on any atom is -0.468 e. The Balaban J connectivity index is 1.65. The molecule has 2 atom stereocenters. The fourth-order valence-electron chi connectivity index (χ4n) is 4.06. The molecule has 1 fully saturated rings. The molecule has 1 saturated carbocycles. The van der Waals surface area contributed by atoms with Gasteiger partial charge in [0.1, 0.15) is 12.6 Å². The van der Waals surface area contributed by atoms with Gasteiger partial charge in [0, 0.05) is 11.1 Å². The van der Waals surface area contributed by atoms with Crippen LogP contribution in [-0.4, -0.2) is 42.5 Å². The van der Waals surface area contributed by atoms with Crippen LogP contribution >= 0.6 is 22.9 Å². The van der Waals surface area contributed by atoms with Gasteiger partial charge < -0.3 is 20.7 Å². The van der Waals surface area contributed by atoms with Crippen LogP contribution in [0.25, 0.3) is 0 Å². The maximum atomic E-state index is 13.0. The first-order valence-corrected chi connectivity index (χ1v) is 12.6. The Morgan fingerprint density at radius 1 is 1.26 bits per heavy atom. The first kappa shape index (κ1) is 26.0. The van der Waals surface area contributed by atoms with Crippen molar-refractivity contribution in [1.29, 1.82) is 0 Å². The molecule has 0 aliphatic heterocycles. The Morgan fingerprint density at radius 2 is 2.00 bits per heavy atom. The largest absolute Gasteiger partial charge is 0.468 e. The molecule has 1 aliphatic rings. The number of hydrogen-bond donors (Lipinski definition) is 3. The smallest absolute Gasteiger partial charge is 0.325 e. The van der Waals surface area contributed by atoms with Crippen LogP contribution in [-0.2, 0) is 14.3 Å². The number of halogens is 1. The van der Waals surface area contributed by atoms with Crippen molar-refractivity contribution in [2.24, 2.45) is 5.92 Å². The number of nitrogens with zero attached hydrogens (tertiary/aromatic N) is 1. The summed E-state index contributed by atoms with van der Waals surface area (Å²) in [7, 11) is 1.26. The molecule has 0 spiro atoms. The van der Waals surface area contributed by atoms with E-state index in [1.54, 1.807) is 12.3 Å². The van der Waals surface area contributed by atoms with E-state index in [2.05, 4.69) is 25.7 Å². The third kappa shape index (κ3) is 7.17. The Morgan fingerprint density at radius 3 is 2.71 bits per heavy atom. The highest BCUT2D eigenvalue weighted by atomic mass is 35.5. The van der Waals surface area contributed by atoms with Gasteiger partial charge in [0.05, 0.1) is 34.4 Å². The van der Waals surface area contributed by atoms with Crippen molar-refractivity contribution < 1.29 is 19.1 Å². The van der Waals surface area contributed by atoms with Gasteiger partial charge in [-0.25, -0.2) is 0 Å². The van der Waals surface area contributed by atoms with E-state index in [1.165, 1.54) is 18.4 Å². The number of ether oxygens (including phenoxy) is 1. The van der Waals surface area contributed by atoms with Crippen molar-refractivity contribution in [3.63, 3.8) is 0 Å². The molecule has 0 radical (unpaired) electrons. The maximum absolute atomic E-state index is 13.0. The molecule has 0 saturated heterocycles. The minimum absolute atomic E-state index is 0.0665. The van der Waals surface area contributed by atoms with Crippen molar-refractivity contribution in [3.05, 3.63) is 44.9 Å². The van der Waals surface area contributed by atoms with Gasteiger partial charge in [0.25, 0.3) is 5.91 Å². The van der Waals surface area contributed by atoms with Crippen LogP contribution in [0.1, 0.15) is 65.3 Å². The zero-order chi connectivity index (χ0) is 24.7. The number of anilines is 1. The second-order valence-electron chi connectivity index (χ2n) is 8.56. The molecule has 3 N–H and O–H groups in total. The average molecular weight is 507 g/mol. The van der Waals surface area contributed by atoms with Crippen LogP contribution in [0.3, 0.4) is 0 Å². The summed E-state index contributed by atoms with van der Waals surface area (Å²) in [6.07, 6.45) is 6.51. The predicted molar refractivity (Wildman–Crippen MR) is 133 cm³/mol. The van der Waals surface area contributed by atoms with Gasteiger partial charge in [0.15, 0.2) is 0 Å². The van der Waals surface area contributed by atoms with E-state index < -0.39 is 12.0 Å². The van der Waals surface area contributed by atoms with Crippen LogP contribution < -0.4 is 16.0 Å². The predicted octanol–water partition coefficient (Wildman–Crippen LogP) is 4.25. The zero-order valence-electron chi connectivity index (χ0n) is 19.7. The van der Waals surface area contributed by atoms with Crippen molar-refractivity contribution in [3.8, 4) is 0 Å². The van der Waals surface area contributed by atoms with Crippen molar-refractivity contribution >= 4 is 46.4 Å². The fourth-order valence-corrected chi connectivity index (χ4v) is 5.13. The molecule has 2 heterocycles. The number of carbonyl (C=O) groups excluding carboxylic acids is 3. The highest BCUT2D eigenvalue weighted by molar-refractivity contribution is 7.14. The quantitative estimate of drug-likeness (QED) is 0.416. The molecular weight excluding hydrogens is 476 g/mol. The van der Waals surface area contributed by atoms with Gasteiger partial charge in [-0.1, -0.05) is 37.3 Å². The Labute approximate surface area is 208 Å². The van der Waals surface area contributed by atoms with E-state index >= 15 is 0 Å². The van der Waals surface area contributed by atoms with Crippen molar-refractivity contribution in [1.82, 2.24) is 15.6 Å².